The number of hydrogen-bond donors (Lipinski definition) is 2. The summed E-state index contributed by atoms with van der Waals surface area (Å²) in [5.41, 5.74) is 1.14. The minimum atomic E-state index is 0.763. The predicted octanol–water partition coefficient (Wildman–Crippen LogP) is 0.349. The molecule has 3 N–H and O–H groups in total. The molecule has 1 fully saturated rings. The zero-order chi connectivity index (χ0) is 15.6. The van der Waals surface area contributed by atoms with Gasteiger partial charge in [0.1, 0.15) is 26.2 Å². The van der Waals surface area contributed by atoms with Gasteiger partial charge in [0.2, 0.25) is 0 Å². The maximum Gasteiger partial charge on any atom is 0.161 e. The molecule has 0 amide bonds. The molecule has 1 heterocycles. The Morgan fingerprint density at radius 3 is 2.73 bits per heavy atom. The molecular formula is C18H30N2O2+2. The summed E-state index contributed by atoms with van der Waals surface area (Å²) in [6, 6.07) is 6.08. The van der Waals surface area contributed by atoms with Gasteiger partial charge in [-0.25, -0.2) is 0 Å². The molecule has 122 valence electrons. The van der Waals surface area contributed by atoms with Crippen LogP contribution in [0.15, 0.2) is 24.3 Å². The fourth-order valence-electron chi connectivity index (χ4n) is 2.89. The van der Waals surface area contributed by atoms with E-state index in [2.05, 4.69) is 17.5 Å². The first-order chi connectivity index (χ1) is 10.8. The lowest BCUT2D eigenvalue weighted by Crippen LogP contribution is -3.20. The van der Waals surface area contributed by atoms with E-state index in [0.29, 0.717) is 0 Å². The van der Waals surface area contributed by atoms with Crippen LogP contribution in [0.5, 0.6) is 11.5 Å². The molecule has 1 aliphatic rings. The summed E-state index contributed by atoms with van der Waals surface area (Å²) in [7, 11) is 1.69. The molecule has 0 bridgehead atoms. The van der Waals surface area contributed by atoms with E-state index in [1.807, 2.05) is 25.1 Å². The molecule has 4 nitrogen and oxygen atoms in total. The van der Waals surface area contributed by atoms with E-state index in [1.54, 1.807) is 12.0 Å². The van der Waals surface area contributed by atoms with Gasteiger partial charge in [-0.05, 0) is 37.5 Å². The van der Waals surface area contributed by atoms with Crippen LogP contribution in [0.2, 0.25) is 0 Å². The van der Waals surface area contributed by atoms with Crippen molar-refractivity contribution in [2.75, 3.05) is 46.4 Å². The van der Waals surface area contributed by atoms with Crippen LogP contribution >= 0.6 is 0 Å². The highest BCUT2D eigenvalue weighted by molar-refractivity contribution is 5.55. The Morgan fingerprint density at radius 1 is 1.18 bits per heavy atom. The normalized spacial score (nSPS) is 16.1. The van der Waals surface area contributed by atoms with Crippen molar-refractivity contribution in [3.8, 4) is 11.5 Å². The Kier molecular flexibility index (Phi) is 7.26. The molecule has 0 saturated carbocycles. The Bertz CT molecular complexity index is 468. The lowest BCUT2D eigenvalue weighted by atomic mass is 10.2. The summed E-state index contributed by atoms with van der Waals surface area (Å²) < 4.78 is 11.3. The Balaban J connectivity index is 1.71. The number of methoxy groups -OCH3 is 1. The van der Waals surface area contributed by atoms with Gasteiger partial charge in [0.15, 0.2) is 11.5 Å². The minimum Gasteiger partial charge on any atom is -0.493 e. The highest BCUT2D eigenvalue weighted by Gasteiger charge is 2.14. The van der Waals surface area contributed by atoms with Gasteiger partial charge in [-0.3, -0.25) is 0 Å². The van der Waals surface area contributed by atoms with Crippen LogP contribution in [0, 0.1) is 0 Å². The van der Waals surface area contributed by atoms with Crippen LogP contribution in [0.3, 0.4) is 0 Å². The van der Waals surface area contributed by atoms with Gasteiger partial charge in [0.25, 0.3) is 0 Å². The number of ether oxygens (including phenoxy) is 2. The minimum absolute atomic E-state index is 0.763. The molecule has 1 aromatic carbocycles. The van der Waals surface area contributed by atoms with Crippen molar-refractivity contribution >= 4 is 6.08 Å². The van der Waals surface area contributed by atoms with Gasteiger partial charge in [-0.15, -0.1) is 0 Å². The lowest BCUT2D eigenvalue weighted by Gasteiger charge is -2.22. The quantitative estimate of drug-likeness (QED) is 0.680. The van der Waals surface area contributed by atoms with E-state index < -0.39 is 0 Å². The molecule has 1 saturated heterocycles. The molecule has 0 unspecified atom stereocenters. The molecule has 1 aromatic rings. The maximum absolute atomic E-state index is 5.89. The van der Waals surface area contributed by atoms with E-state index >= 15 is 0 Å². The summed E-state index contributed by atoms with van der Waals surface area (Å²) in [6.07, 6.45) is 6.42. The van der Waals surface area contributed by atoms with Gasteiger partial charge >= 0.3 is 0 Å². The summed E-state index contributed by atoms with van der Waals surface area (Å²) in [6.45, 7) is 9.22. The number of unbranched alkanes of at least 4 members (excludes halogenated alkanes) is 1. The van der Waals surface area contributed by atoms with Crippen LogP contribution in [0.1, 0.15) is 25.3 Å². The maximum atomic E-state index is 5.89. The number of hydrogen-bond acceptors (Lipinski definition) is 2. The second-order valence-electron chi connectivity index (χ2n) is 5.83. The number of nitrogens with one attached hydrogen (secondary N) is 1. The van der Waals surface area contributed by atoms with Gasteiger partial charge in [-0.2, -0.15) is 0 Å². The number of rotatable bonds is 8. The summed E-state index contributed by atoms with van der Waals surface area (Å²) in [5.74, 6) is 1.66. The Hall–Kier alpha value is -1.52. The molecule has 22 heavy (non-hydrogen) atoms. The third-order valence-electron chi connectivity index (χ3n) is 4.13. The second-order valence-corrected chi connectivity index (χ2v) is 5.83. The third-order valence-corrected chi connectivity index (χ3v) is 4.13. The fourth-order valence-corrected chi connectivity index (χ4v) is 2.89. The van der Waals surface area contributed by atoms with Crippen LogP contribution in [0.4, 0.5) is 0 Å². The number of benzene rings is 1. The molecule has 0 spiro atoms. The molecule has 4 heteroatoms. The Morgan fingerprint density at radius 2 is 2.00 bits per heavy atom. The fraction of sp³-hybridized carbons (Fsp3) is 0.556. The number of nitrogens with two attached hydrogens (primary N) is 1. The Labute approximate surface area is 134 Å². The van der Waals surface area contributed by atoms with E-state index in [-0.39, 0.29) is 0 Å². The molecule has 2 rings (SSSR count). The first-order valence-electron chi connectivity index (χ1n) is 8.42. The highest BCUT2D eigenvalue weighted by Crippen LogP contribution is 2.28. The number of piperazine rings is 1. The van der Waals surface area contributed by atoms with E-state index in [1.165, 1.54) is 39.1 Å². The van der Waals surface area contributed by atoms with Crippen LogP contribution in [-0.4, -0.2) is 46.4 Å². The number of allylic oxidation sites excluding steroid dienone is 1. The van der Waals surface area contributed by atoms with E-state index in [4.69, 9.17) is 9.47 Å². The zero-order valence-electron chi connectivity index (χ0n) is 13.9. The molecule has 0 aliphatic carbocycles. The first-order valence-corrected chi connectivity index (χ1v) is 8.42. The molecular weight excluding hydrogens is 276 g/mol. The lowest BCUT2D eigenvalue weighted by molar-refractivity contribution is -0.946. The molecule has 1 aliphatic heterocycles. The SMILES string of the molecule is C/C=C/c1ccc(OCCCC[NH+]2CC[NH2+]CC2)c(OC)c1. The van der Waals surface area contributed by atoms with Crippen molar-refractivity contribution in [1.29, 1.82) is 0 Å². The third kappa shape index (κ3) is 5.35. The average molecular weight is 306 g/mol. The predicted molar refractivity (Wildman–Crippen MR) is 89.7 cm³/mol. The summed E-state index contributed by atoms with van der Waals surface area (Å²) >= 11 is 0. The van der Waals surface area contributed by atoms with Crippen molar-refractivity contribution in [3.63, 3.8) is 0 Å². The highest BCUT2D eigenvalue weighted by atomic mass is 16.5. The number of quaternary nitrogens is 2. The van der Waals surface area contributed by atoms with Crippen molar-refractivity contribution in [2.24, 2.45) is 0 Å². The standard InChI is InChI=1S/C18H28N2O2/c1-3-6-16-7-8-17(18(15-16)21-2)22-14-5-4-11-20-12-9-19-10-13-20/h3,6-8,15,19H,4-5,9-14H2,1-2H3/p+2/b6-3+. The molecule has 0 radical (unpaired) electrons. The topological polar surface area (TPSA) is 39.5 Å². The van der Waals surface area contributed by atoms with E-state index in [0.717, 1.165) is 30.1 Å². The molecule has 0 atom stereocenters. The van der Waals surface area contributed by atoms with Crippen molar-refractivity contribution in [1.82, 2.24) is 0 Å². The van der Waals surface area contributed by atoms with E-state index in [9.17, 15) is 0 Å². The van der Waals surface area contributed by atoms with Crippen LogP contribution in [0.25, 0.3) is 6.08 Å². The average Bonchev–Trinajstić information content (AvgIpc) is 2.56. The smallest absolute Gasteiger partial charge is 0.161 e. The zero-order valence-corrected chi connectivity index (χ0v) is 13.9. The van der Waals surface area contributed by atoms with Crippen molar-refractivity contribution in [2.45, 2.75) is 19.8 Å². The van der Waals surface area contributed by atoms with Gasteiger partial charge in [0.05, 0.1) is 20.3 Å². The van der Waals surface area contributed by atoms with Gasteiger partial charge in [-0.1, -0.05) is 18.2 Å². The largest absolute Gasteiger partial charge is 0.493 e. The van der Waals surface area contributed by atoms with Crippen LogP contribution < -0.4 is 19.7 Å². The summed E-state index contributed by atoms with van der Waals surface area (Å²) in [5, 5.41) is 2.41. The van der Waals surface area contributed by atoms with Crippen molar-refractivity contribution < 1.29 is 19.7 Å². The molecule has 0 aromatic heterocycles. The summed E-state index contributed by atoms with van der Waals surface area (Å²) in [4.78, 5) is 1.75. The van der Waals surface area contributed by atoms with Gasteiger partial charge < -0.3 is 19.7 Å². The first kappa shape index (κ1) is 16.8. The van der Waals surface area contributed by atoms with Crippen molar-refractivity contribution in [3.05, 3.63) is 29.8 Å². The van der Waals surface area contributed by atoms with Crippen LogP contribution in [-0.2, 0) is 0 Å². The van der Waals surface area contributed by atoms with Gasteiger partial charge in [0, 0.05) is 0 Å². The monoisotopic (exact) mass is 306 g/mol. The second kappa shape index (κ2) is 9.49.